The third kappa shape index (κ3) is 3.49. The highest BCUT2D eigenvalue weighted by atomic mass is 32.2. The van der Waals surface area contributed by atoms with Crippen LogP contribution in [-0.4, -0.2) is 26.4 Å². The van der Waals surface area contributed by atoms with Crippen molar-refractivity contribution in [3.05, 3.63) is 65.0 Å². The number of anilines is 1. The van der Waals surface area contributed by atoms with Crippen LogP contribution in [0.5, 0.6) is 5.75 Å². The van der Waals surface area contributed by atoms with E-state index in [0.717, 1.165) is 11.8 Å². The van der Waals surface area contributed by atoms with Crippen LogP contribution < -0.4 is 4.90 Å². The minimum atomic E-state index is -1.25. The van der Waals surface area contributed by atoms with Gasteiger partial charge in [0.05, 0.1) is 16.9 Å². The van der Waals surface area contributed by atoms with Crippen LogP contribution >= 0.6 is 24.0 Å². The number of carbonyl (C=O) groups excluding carboxylic acids is 1. The van der Waals surface area contributed by atoms with Crippen molar-refractivity contribution in [1.82, 2.24) is 0 Å². The molecular formula is C17H11NO5S2. The number of hydrogen-bond donors (Lipinski definition) is 2. The molecule has 126 valence electrons. The van der Waals surface area contributed by atoms with Gasteiger partial charge in [-0.25, -0.2) is 4.79 Å². The first-order valence-corrected chi connectivity index (χ1v) is 8.24. The normalized spacial score (nSPS) is 16.3. The highest BCUT2D eigenvalue weighted by molar-refractivity contribution is 8.27. The van der Waals surface area contributed by atoms with Crippen molar-refractivity contribution in [2.45, 2.75) is 0 Å². The van der Waals surface area contributed by atoms with E-state index >= 15 is 0 Å². The minimum Gasteiger partial charge on any atom is -0.507 e. The molecule has 3 rings (SSSR count). The Hall–Kier alpha value is -2.84. The van der Waals surface area contributed by atoms with Crippen molar-refractivity contribution < 1.29 is 24.2 Å². The molecule has 1 amide bonds. The van der Waals surface area contributed by atoms with Crippen LogP contribution in [-0.2, 0) is 4.79 Å². The van der Waals surface area contributed by atoms with Crippen molar-refractivity contribution in [3.63, 3.8) is 0 Å². The number of thioether (sulfide) groups is 1. The molecule has 1 aromatic carbocycles. The molecule has 2 N–H and O–H groups in total. The highest BCUT2D eigenvalue weighted by Gasteiger charge is 2.33. The lowest BCUT2D eigenvalue weighted by Crippen LogP contribution is -2.27. The summed E-state index contributed by atoms with van der Waals surface area (Å²) in [7, 11) is 0. The predicted molar refractivity (Wildman–Crippen MR) is 98.6 cm³/mol. The molecule has 8 heteroatoms. The molecule has 1 aliphatic heterocycles. The van der Waals surface area contributed by atoms with Gasteiger partial charge in [-0.05, 0) is 36.4 Å². The summed E-state index contributed by atoms with van der Waals surface area (Å²) in [5, 5.41) is 18.8. The number of allylic oxidation sites excluding steroid dienone is 2. The zero-order chi connectivity index (χ0) is 18.0. The Labute approximate surface area is 152 Å². The molecule has 0 aliphatic carbocycles. The standard InChI is InChI=1S/C17H11NO5S2/c19-13-9-10(6-7-12(13)16(21)22)18-15(20)14(25-17(18)24)5-1-3-11-4-2-8-23-11/h1-9,19H,(H,21,22). The molecular weight excluding hydrogens is 362 g/mol. The average molecular weight is 373 g/mol. The molecule has 1 aromatic heterocycles. The molecule has 0 atom stereocenters. The summed E-state index contributed by atoms with van der Waals surface area (Å²) in [5.41, 5.74) is 0.0644. The van der Waals surface area contributed by atoms with E-state index in [-0.39, 0.29) is 11.5 Å². The van der Waals surface area contributed by atoms with Crippen molar-refractivity contribution in [3.8, 4) is 5.75 Å². The number of aromatic carboxylic acids is 1. The van der Waals surface area contributed by atoms with Crippen molar-refractivity contribution in [2.75, 3.05) is 4.90 Å². The highest BCUT2D eigenvalue weighted by Crippen LogP contribution is 2.36. The number of carboxylic acid groups (broad SMARTS) is 1. The zero-order valence-electron chi connectivity index (χ0n) is 12.6. The molecule has 25 heavy (non-hydrogen) atoms. The number of amides is 1. The molecule has 2 heterocycles. The molecule has 0 unspecified atom stereocenters. The van der Waals surface area contributed by atoms with Crippen LogP contribution in [0.15, 0.2) is 58.1 Å². The number of hydrogen-bond acceptors (Lipinski definition) is 6. The second-order valence-corrected chi connectivity index (χ2v) is 6.60. The van der Waals surface area contributed by atoms with Gasteiger partial charge in [0.1, 0.15) is 17.1 Å². The van der Waals surface area contributed by atoms with Crippen LogP contribution in [0, 0.1) is 0 Å². The molecule has 2 aromatic rings. The Balaban J connectivity index is 1.84. The van der Waals surface area contributed by atoms with Crippen LogP contribution in [0.1, 0.15) is 16.1 Å². The SMILES string of the molecule is O=C(O)c1ccc(N2C(=O)C(=CC=Cc3ccco3)SC2=S)cc1O. The van der Waals surface area contributed by atoms with Gasteiger partial charge in [-0.15, -0.1) is 0 Å². The van der Waals surface area contributed by atoms with E-state index in [4.69, 9.17) is 21.7 Å². The van der Waals surface area contributed by atoms with E-state index in [2.05, 4.69) is 0 Å². The number of phenols is 1. The second-order valence-electron chi connectivity index (χ2n) is 4.92. The lowest BCUT2D eigenvalue weighted by atomic mass is 10.1. The molecule has 0 saturated carbocycles. The molecule has 1 saturated heterocycles. The summed E-state index contributed by atoms with van der Waals surface area (Å²) in [4.78, 5) is 25.1. The topological polar surface area (TPSA) is 91.0 Å². The third-order valence-electron chi connectivity index (χ3n) is 3.31. The maximum absolute atomic E-state index is 12.5. The monoisotopic (exact) mass is 373 g/mol. The number of benzene rings is 1. The predicted octanol–water partition coefficient (Wildman–Crippen LogP) is 3.65. The number of rotatable bonds is 4. The molecule has 1 fully saturated rings. The van der Waals surface area contributed by atoms with E-state index in [1.807, 2.05) is 0 Å². The van der Waals surface area contributed by atoms with Gasteiger partial charge < -0.3 is 14.6 Å². The van der Waals surface area contributed by atoms with Gasteiger partial charge in [-0.3, -0.25) is 9.69 Å². The molecule has 1 aliphatic rings. The first kappa shape index (κ1) is 17.0. The minimum absolute atomic E-state index is 0.244. The zero-order valence-corrected chi connectivity index (χ0v) is 14.2. The van der Waals surface area contributed by atoms with E-state index in [1.54, 1.807) is 36.6 Å². The van der Waals surface area contributed by atoms with E-state index in [1.165, 1.54) is 23.1 Å². The Morgan fingerprint density at radius 3 is 2.76 bits per heavy atom. The number of carbonyl (C=O) groups is 2. The molecule has 0 bridgehead atoms. The smallest absolute Gasteiger partial charge is 0.339 e. The van der Waals surface area contributed by atoms with Crippen LogP contribution in [0.25, 0.3) is 6.08 Å². The molecule has 0 spiro atoms. The largest absolute Gasteiger partial charge is 0.507 e. The van der Waals surface area contributed by atoms with E-state index in [9.17, 15) is 14.7 Å². The first-order valence-electron chi connectivity index (χ1n) is 7.02. The van der Waals surface area contributed by atoms with Gasteiger partial charge in [0.15, 0.2) is 4.32 Å². The van der Waals surface area contributed by atoms with Crippen LogP contribution in [0.3, 0.4) is 0 Å². The van der Waals surface area contributed by atoms with Gasteiger partial charge in [-0.1, -0.05) is 30.1 Å². The average Bonchev–Trinajstić information content (AvgIpc) is 3.16. The Morgan fingerprint density at radius 1 is 1.32 bits per heavy atom. The van der Waals surface area contributed by atoms with Gasteiger partial charge in [0.25, 0.3) is 5.91 Å². The lowest BCUT2D eigenvalue weighted by Gasteiger charge is -2.15. The summed E-state index contributed by atoms with van der Waals surface area (Å²) in [5.74, 6) is -1.37. The molecule has 6 nitrogen and oxygen atoms in total. The fraction of sp³-hybridized carbons (Fsp3) is 0. The molecule has 0 radical (unpaired) electrons. The number of thiocarbonyl (C=S) groups is 1. The fourth-order valence-corrected chi connectivity index (χ4v) is 3.41. The quantitative estimate of drug-likeness (QED) is 0.624. The van der Waals surface area contributed by atoms with Gasteiger partial charge in [0, 0.05) is 6.07 Å². The first-order chi connectivity index (χ1) is 12.0. The summed E-state index contributed by atoms with van der Waals surface area (Å²) < 4.78 is 5.46. The summed E-state index contributed by atoms with van der Waals surface area (Å²) in [6.45, 7) is 0. The summed E-state index contributed by atoms with van der Waals surface area (Å²) in [6, 6.07) is 7.40. The number of carboxylic acids is 1. The lowest BCUT2D eigenvalue weighted by molar-refractivity contribution is -0.113. The van der Waals surface area contributed by atoms with E-state index < -0.39 is 11.7 Å². The second kappa shape index (κ2) is 6.96. The maximum atomic E-state index is 12.5. The van der Waals surface area contributed by atoms with Gasteiger partial charge >= 0.3 is 5.97 Å². The van der Waals surface area contributed by atoms with E-state index in [0.29, 0.717) is 20.7 Å². The Morgan fingerprint density at radius 2 is 2.12 bits per heavy atom. The Kier molecular flexibility index (Phi) is 4.73. The van der Waals surface area contributed by atoms with Gasteiger partial charge in [-0.2, -0.15) is 0 Å². The van der Waals surface area contributed by atoms with Crippen LogP contribution in [0.4, 0.5) is 5.69 Å². The van der Waals surface area contributed by atoms with Crippen molar-refractivity contribution in [1.29, 1.82) is 0 Å². The van der Waals surface area contributed by atoms with Crippen molar-refractivity contribution in [2.24, 2.45) is 0 Å². The summed E-state index contributed by atoms with van der Waals surface area (Å²) in [6.07, 6.45) is 6.55. The number of nitrogens with zero attached hydrogens (tertiary/aromatic N) is 1. The van der Waals surface area contributed by atoms with Crippen molar-refractivity contribution >= 4 is 51.9 Å². The summed E-state index contributed by atoms with van der Waals surface area (Å²) >= 11 is 6.34. The third-order valence-corrected chi connectivity index (χ3v) is 4.64. The number of furan rings is 1. The van der Waals surface area contributed by atoms with Crippen LogP contribution in [0.2, 0.25) is 0 Å². The Bertz CT molecular complexity index is 915. The number of aromatic hydroxyl groups is 1. The van der Waals surface area contributed by atoms with Gasteiger partial charge in [0.2, 0.25) is 0 Å². The fourth-order valence-electron chi connectivity index (χ4n) is 2.16. The maximum Gasteiger partial charge on any atom is 0.339 e.